The van der Waals surface area contributed by atoms with Gasteiger partial charge in [-0.05, 0) is 0 Å². The highest BCUT2D eigenvalue weighted by atomic mass is 16.7. The van der Waals surface area contributed by atoms with Crippen molar-refractivity contribution in [3.8, 4) is 0 Å². The second-order valence-electron chi connectivity index (χ2n) is 6.05. The van der Waals surface area contributed by atoms with Gasteiger partial charge in [-0.1, -0.05) is 27.7 Å². The molecule has 0 aromatic carbocycles. The summed E-state index contributed by atoms with van der Waals surface area (Å²) in [6.45, 7) is 5.23. The van der Waals surface area contributed by atoms with Crippen LogP contribution in [-0.4, -0.2) is 55.6 Å². The number of hydrogen-bond donors (Lipinski definition) is 1. The van der Waals surface area contributed by atoms with E-state index in [0.29, 0.717) is 0 Å². The third kappa shape index (κ3) is 8.85. The second-order valence-corrected chi connectivity index (χ2v) is 6.05. The summed E-state index contributed by atoms with van der Waals surface area (Å²) in [5.41, 5.74) is -1.17. The van der Waals surface area contributed by atoms with E-state index in [9.17, 15) is 24.3 Å². The van der Waals surface area contributed by atoms with Crippen LogP contribution in [0, 0.1) is 11.3 Å². The van der Waals surface area contributed by atoms with Crippen LogP contribution in [0.1, 0.15) is 27.7 Å². The summed E-state index contributed by atoms with van der Waals surface area (Å²) >= 11 is 0. The maximum Gasteiger partial charge on any atom is 0.338 e. The Bertz CT molecular complexity index is 520. The number of ether oxygens (including phenoxy) is 4. The van der Waals surface area contributed by atoms with Crippen molar-refractivity contribution in [3.05, 3.63) is 12.2 Å². The lowest BCUT2D eigenvalue weighted by atomic mass is 9.87. The molecule has 0 fully saturated rings. The Hall–Kier alpha value is -2.42. The van der Waals surface area contributed by atoms with Gasteiger partial charge in [0.2, 0.25) is 6.79 Å². The van der Waals surface area contributed by atoms with Crippen LogP contribution in [0.5, 0.6) is 0 Å². The Kier molecular flexibility index (Phi) is 9.43. The molecule has 0 aromatic heterocycles. The topological polar surface area (TPSA) is 125 Å². The molecule has 0 aromatic rings. The van der Waals surface area contributed by atoms with E-state index in [-0.39, 0.29) is 12.5 Å². The summed E-state index contributed by atoms with van der Waals surface area (Å²) < 4.78 is 18.5. The summed E-state index contributed by atoms with van der Waals surface area (Å²) in [6.07, 6.45) is 0.115. The molecule has 0 saturated heterocycles. The molecule has 9 nitrogen and oxygen atoms in total. The van der Waals surface area contributed by atoms with Gasteiger partial charge in [0.15, 0.2) is 6.10 Å². The zero-order chi connectivity index (χ0) is 19.6. The van der Waals surface area contributed by atoms with Gasteiger partial charge in [-0.2, -0.15) is 0 Å². The van der Waals surface area contributed by atoms with E-state index in [1.165, 1.54) is 13.8 Å². The molecule has 0 radical (unpaired) electrons. The maximum atomic E-state index is 11.8. The van der Waals surface area contributed by atoms with Crippen LogP contribution in [0.2, 0.25) is 0 Å². The molecule has 1 unspecified atom stereocenters. The number of carbonyl (C=O) groups is 4. The van der Waals surface area contributed by atoms with E-state index in [1.807, 2.05) is 0 Å². The van der Waals surface area contributed by atoms with Crippen LogP contribution in [-0.2, 0) is 38.1 Å². The maximum absolute atomic E-state index is 11.8. The number of aliphatic hydroxyl groups excluding tert-OH is 1. The van der Waals surface area contributed by atoms with Gasteiger partial charge in [0.05, 0.1) is 19.6 Å². The predicted octanol–water partition coefficient (Wildman–Crippen LogP) is 0.346. The average molecular weight is 360 g/mol. The third-order valence-electron chi connectivity index (χ3n) is 2.98. The molecular weight excluding hydrogens is 336 g/mol. The molecule has 0 saturated carbocycles. The fraction of sp³-hybridized carbons (Fsp3) is 0.625. The van der Waals surface area contributed by atoms with Crippen LogP contribution < -0.4 is 0 Å². The van der Waals surface area contributed by atoms with E-state index >= 15 is 0 Å². The molecule has 1 N–H and O–H groups in total. The molecule has 25 heavy (non-hydrogen) atoms. The van der Waals surface area contributed by atoms with Crippen LogP contribution in [0.4, 0.5) is 0 Å². The number of carbonyl (C=O) groups excluding carboxylic acids is 4. The van der Waals surface area contributed by atoms with Crippen molar-refractivity contribution in [2.45, 2.75) is 33.8 Å². The molecule has 0 aliphatic heterocycles. The predicted molar refractivity (Wildman–Crippen MR) is 83.8 cm³/mol. The number of aliphatic hydroxyl groups is 1. The Morgan fingerprint density at radius 3 is 2.00 bits per heavy atom. The molecule has 142 valence electrons. The minimum Gasteiger partial charge on any atom is -0.466 e. The molecular formula is C16H24O9. The fourth-order valence-corrected chi connectivity index (χ4v) is 1.30. The first-order chi connectivity index (χ1) is 11.5. The summed E-state index contributed by atoms with van der Waals surface area (Å²) in [7, 11) is 1.15. The number of rotatable bonds is 9. The third-order valence-corrected chi connectivity index (χ3v) is 2.98. The SMILES string of the molecule is COC(=O)C=CC(=O)OCC(C)(C)C(O)C(=O)OCOC(=O)C(C)C. The lowest BCUT2D eigenvalue weighted by Crippen LogP contribution is -2.41. The highest BCUT2D eigenvalue weighted by Gasteiger charge is 2.36. The summed E-state index contributed by atoms with van der Waals surface area (Å²) in [5, 5.41) is 9.99. The van der Waals surface area contributed by atoms with E-state index in [2.05, 4.69) is 14.2 Å². The van der Waals surface area contributed by atoms with Crippen molar-refractivity contribution in [3.63, 3.8) is 0 Å². The fourth-order valence-electron chi connectivity index (χ4n) is 1.30. The first-order valence-electron chi connectivity index (χ1n) is 7.45. The largest absolute Gasteiger partial charge is 0.466 e. The molecule has 0 aliphatic rings. The van der Waals surface area contributed by atoms with E-state index in [4.69, 9.17) is 4.74 Å². The zero-order valence-electron chi connectivity index (χ0n) is 14.9. The quantitative estimate of drug-likeness (QED) is 0.268. The van der Waals surface area contributed by atoms with Crippen molar-refractivity contribution in [2.75, 3.05) is 20.5 Å². The van der Waals surface area contributed by atoms with Gasteiger partial charge in [-0.25, -0.2) is 14.4 Å². The highest BCUT2D eigenvalue weighted by molar-refractivity contribution is 5.91. The molecule has 0 heterocycles. The number of methoxy groups -OCH3 is 1. The molecule has 9 heteroatoms. The van der Waals surface area contributed by atoms with Crippen molar-refractivity contribution < 1.29 is 43.2 Å². The van der Waals surface area contributed by atoms with Crippen molar-refractivity contribution in [1.29, 1.82) is 0 Å². The van der Waals surface area contributed by atoms with Crippen LogP contribution in [0.3, 0.4) is 0 Å². The summed E-state index contributed by atoms with van der Waals surface area (Å²) in [4.78, 5) is 45.3. The summed E-state index contributed by atoms with van der Waals surface area (Å²) in [5.74, 6) is -3.52. The second kappa shape index (κ2) is 10.4. The van der Waals surface area contributed by atoms with E-state index in [0.717, 1.165) is 19.3 Å². The van der Waals surface area contributed by atoms with Gasteiger partial charge < -0.3 is 24.1 Å². The molecule has 0 bridgehead atoms. The average Bonchev–Trinajstić information content (AvgIpc) is 2.56. The van der Waals surface area contributed by atoms with Crippen LogP contribution in [0.15, 0.2) is 12.2 Å². The minimum atomic E-state index is -1.62. The molecule has 1 atom stereocenters. The van der Waals surface area contributed by atoms with Gasteiger partial charge in [0.25, 0.3) is 0 Å². The Morgan fingerprint density at radius 1 is 0.960 bits per heavy atom. The minimum absolute atomic E-state index is 0.320. The first kappa shape index (κ1) is 22.6. The molecule has 0 aliphatic carbocycles. The summed E-state index contributed by atoms with van der Waals surface area (Å²) in [6, 6.07) is 0. The van der Waals surface area contributed by atoms with Crippen molar-refractivity contribution >= 4 is 23.9 Å². The Morgan fingerprint density at radius 2 is 1.48 bits per heavy atom. The van der Waals surface area contributed by atoms with Gasteiger partial charge in [-0.3, -0.25) is 4.79 Å². The molecule has 0 amide bonds. The first-order valence-corrected chi connectivity index (χ1v) is 7.45. The number of hydrogen-bond acceptors (Lipinski definition) is 9. The zero-order valence-corrected chi connectivity index (χ0v) is 14.9. The smallest absolute Gasteiger partial charge is 0.338 e. The van der Waals surface area contributed by atoms with Gasteiger partial charge in [-0.15, -0.1) is 0 Å². The number of esters is 4. The normalized spacial score (nSPS) is 12.6. The molecule has 0 spiro atoms. The lowest BCUT2D eigenvalue weighted by molar-refractivity contribution is -0.181. The van der Waals surface area contributed by atoms with Crippen molar-refractivity contribution in [2.24, 2.45) is 11.3 Å². The monoisotopic (exact) mass is 360 g/mol. The van der Waals surface area contributed by atoms with E-state index < -0.39 is 42.2 Å². The van der Waals surface area contributed by atoms with Gasteiger partial charge >= 0.3 is 23.9 Å². The van der Waals surface area contributed by atoms with Gasteiger partial charge in [0, 0.05) is 17.6 Å². The Balaban J connectivity index is 4.42. The van der Waals surface area contributed by atoms with E-state index in [1.54, 1.807) is 13.8 Å². The highest BCUT2D eigenvalue weighted by Crippen LogP contribution is 2.22. The van der Waals surface area contributed by atoms with Crippen LogP contribution >= 0.6 is 0 Å². The van der Waals surface area contributed by atoms with Crippen molar-refractivity contribution in [1.82, 2.24) is 0 Å². The van der Waals surface area contributed by atoms with Crippen LogP contribution in [0.25, 0.3) is 0 Å². The Labute approximate surface area is 145 Å². The molecule has 0 rings (SSSR count). The van der Waals surface area contributed by atoms with Gasteiger partial charge in [0.1, 0.15) is 0 Å². The lowest BCUT2D eigenvalue weighted by Gasteiger charge is -2.28. The standard InChI is InChI=1S/C16H24O9/c1-10(2)14(20)24-9-25-15(21)13(19)16(3,4)8-23-12(18)7-6-11(17)22-5/h6-7,10,13,19H,8-9H2,1-5H3.